The highest BCUT2D eigenvalue weighted by Gasteiger charge is 2.44. The van der Waals surface area contributed by atoms with E-state index in [1.165, 1.54) is 57.8 Å². The molecule has 0 radical (unpaired) electrons. The number of allylic oxidation sites excluding steroid dienone is 23. The van der Waals surface area contributed by atoms with Gasteiger partial charge in [0, 0.05) is 6.42 Å². The number of aliphatic hydroxyl groups excluding tert-OH is 5. The Labute approximate surface area is 457 Å². The first-order chi connectivity index (χ1) is 36.8. The number of aliphatic hydroxyl groups is 5. The summed E-state index contributed by atoms with van der Waals surface area (Å²) in [5.41, 5.74) is 0. The molecular weight excluding hydrogens is 935 g/mol. The molecular formula is C66H107NO8. The van der Waals surface area contributed by atoms with Gasteiger partial charge < -0.3 is 40.3 Å². The Morgan fingerprint density at radius 3 is 1.23 bits per heavy atom. The minimum absolute atomic E-state index is 0.203. The molecule has 9 heteroatoms. The SMILES string of the molecule is CC/C=C\C/C=C\C/C=C\C/C=C\C/C=C\C/C=C\C/C=C\C/C=C\C/C=C\C/C=C\C/C=C\CCCCCCCC(=O)NC(COC1OC(CO)C(O)C(O)C1O)C(O)/C=C/CCCCCCCCCCCCC. The molecule has 1 heterocycles. The maximum atomic E-state index is 13.0. The predicted octanol–water partition coefficient (Wildman–Crippen LogP) is 15.1. The van der Waals surface area contributed by atoms with Crippen molar-refractivity contribution in [3.05, 3.63) is 146 Å². The highest BCUT2D eigenvalue weighted by molar-refractivity contribution is 5.76. The highest BCUT2D eigenvalue weighted by atomic mass is 16.7. The third-order valence-corrected chi connectivity index (χ3v) is 12.9. The fourth-order valence-corrected chi connectivity index (χ4v) is 8.28. The number of nitrogens with one attached hydrogen (secondary N) is 1. The van der Waals surface area contributed by atoms with Crippen molar-refractivity contribution in [1.29, 1.82) is 0 Å². The molecule has 7 atom stereocenters. The lowest BCUT2D eigenvalue weighted by Crippen LogP contribution is -2.60. The number of amides is 1. The summed E-state index contributed by atoms with van der Waals surface area (Å²) in [6.07, 6.45) is 76.3. The minimum Gasteiger partial charge on any atom is -0.394 e. The van der Waals surface area contributed by atoms with Gasteiger partial charge in [-0.2, -0.15) is 0 Å². The molecule has 424 valence electrons. The highest BCUT2D eigenvalue weighted by Crippen LogP contribution is 2.23. The number of hydrogen-bond donors (Lipinski definition) is 6. The van der Waals surface area contributed by atoms with Gasteiger partial charge in [-0.25, -0.2) is 0 Å². The van der Waals surface area contributed by atoms with Crippen molar-refractivity contribution < 1.29 is 39.8 Å². The molecule has 0 aromatic rings. The van der Waals surface area contributed by atoms with Crippen LogP contribution in [0.25, 0.3) is 0 Å². The zero-order valence-corrected chi connectivity index (χ0v) is 47.0. The molecule has 0 saturated carbocycles. The van der Waals surface area contributed by atoms with E-state index in [-0.39, 0.29) is 12.5 Å². The summed E-state index contributed by atoms with van der Waals surface area (Å²) in [5, 5.41) is 54.4. The summed E-state index contributed by atoms with van der Waals surface area (Å²) in [5.74, 6) is -0.203. The first kappa shape index (κ1) is 69.1. The van der Waals surface area contributed by atoms with E-state index in [0.29, 0.717) is 6.42 Å². The molecule has 1 rings (SSSR count). The summed E-state index contributed by atoms with van der Waals surface area (Å²) in [4.78, 5) is 13.0. The van der Waals surface area contributed by atoms with Gasteiger partial charge in [-0.05, 0) is 103 Å². The molecule has 0 spiro atoms. The van der Waals surface area contributed by atoms with Gasteiger partial charge in [-0.1, -0.05) is 243 Å². The molecule has 9 nitrogen and oxygen atoms in total. The van der Waals surface area contributed by atoms with Crippen LogP contribution in [0, 0.1) is 0 Å². The molecule has 0 aromatic heterocycles. The van der Waals surface area contributed by atoms with E-state index in [1.807, 2.05) is 6.08 Å². The maximum absolute atomic E-state index is 13.0. The summed E-state index contributed by atoms with van der Waals surface area (Å²) in [6.45, 7) is 3.63. The van der Waals surface area contributed by atoms with Crippen LogP contribution in [0.15, 0.2) is 146 Å². The fourth-order valence-electron chi connectivity index (χ4n) is 8.28. The van der Waals surface area contributed by atoms with Gasteiger partial charge in [-0.3, -0.25) is 4.79 Å². The molecule has 6 N–H and O–H groups in total. The van der Waals surface area contributed by atoms with E-state index in [2.05, 4.69) is 153 Å². The summed E-state index contributed by atoms with van der Waals surface area (Å²) in [7, 11) is 0. The van der Waals surface area contributed by atoms with Crippen LogP contribution in [0.2, 0.25) is 0 Å². The van der Waals surface area contributed by atoms with Gasteiger partial charge in [0.25, 0.3) is 0 Å². The van der Waals surface area contributed by atoms with Crippen LogP contribution in [0.1, 0.15) is 206 Å². The number of unbranched alkanes of at least 4 members (excludes halogenated alkanes) is 16. The number of carbonyl (C=O) groups excluding carboxylic acids is 1. The molecule has 0 aliphatic carbocycles. The molecule has 1 aliphatic rings. The number of carbonyl (C=O) groups is 1. The van der Waals surface area contributed by atoms with E-state index in [4.69, 9.17) is 9.47 Å². The Kier molecular flexibility index (Phi) is 49.2. The van der Waals surface area contributed by atoms with E-state index >= 15 is 0 Å². The third kappa shape index (κ3) is 42.8. The molecule has 0 aromatic carbocycles. The largest absolute Gasteiger partial charge is 0.394 e. The molecule has 1 aliphatic heterocycles. The minimum atomic E-state index is -1.58. The van der Waals surface area contributed by atoms with Gasteiger partial charge in [0.2, 0.25) is 5.91 Å². The van der Waals surface area contributed by atoms with Gasteiger partial charge >= 0.3 is 0 Å². The van der Waals surface area contributed by atoms with Crippen molar-refractivity contribution in [1.82, 2.24) is 5.32 Å². The van der Waals surface area contributed by atoms with Crippen LogP contribution >= 0.6 is 0 Å². The summed E-state index contributed by atoms with van der Waals surface area (Å²) < 4.78 is 11.2. The molecule has 1 amide bonds. The van der Waals surface area contributed by atoms with E-state index in [1.54, 1.807) is 6.08 Å². The second kappa shape index (κ2) is 53.5. The van der Waals surface area contributed by atoms with Gasteiger partial charge in [0.15, 0.2) is 6.29 Å². The number of rotatable bonds is 48. The average Bonchev–Trinajstić information content (AvgIpc) is 3.41. The molecule has 1 saturated heterocycles. The Morgan fingerprint density at radius 1 is 0.467 bits per heavy atom. The van der Waals surface area contributed by atoms with Crippen molar-refractivity contribution in [2.24, 2.45) is 0 Å². The number of ether oxygens (including phenoxy) is 2. The standard InChI is InChI=1S/C66H107NO8/c1-3-5-7-9-11-13-15-17-18-19-20-21-22-23-24-25-26-27-28-29-30-31-32-33-34-35-36-37-38-39-40-41-42-44-46-48-50-52-54-56-62(70)67-59(58-74-66-65(73)64(72)63(71)61(57-68)75-66)60(69)55-53-51-49-47-45-43-16-14-12-10-8-6-4-2/h5,7,11,13,17-18,20-21,23-24,26-27,29-30,32-33,35-36,38-39,41-42,53,55,59-61,63-66,68-69,71-73H,3-4,6,8-10,12,14-16,19,22,25,28,31,34,37,40,43-52,54,56-58H2,1-2H3,(H,67,70)/b7-5-,13-11-,18-17-,21-20-,24-23-,27-26-,30-29-,33-32-,36-35-,39-38-,42-41-,55-53+. The van der Waals surface area contributed by atoms with Crippen LogP contribution in [-0.2, 0) is 14.3 Å². The monoisotopic (exact) mass is 1040 g/mol. The van der Waals surface area contributed by atoms with E-state index in [0.717, 1.165) is 128 Å². The second-order valence-electron chi connectivity index (χ2n) is 19.7. The van der Waals surface area contributed by atoms with Gasteiger partial charge in [0.1, 0.15) is 24.4 Å². The molecule has 0 bridgehead atoms. The van der Waals surface area contributed by atoms with Crippen molar-refractivity contribution in [2.45, 2.75) is 249 Å². The topological polar surface area (TPSA) is 149 Å². The number of hydrogen-bond acceptors (Lipinski definition) is 8. The second-order valence-corrected chi connectivity index (χ2v) is 19.7. The Hall–Kier alpha value is -3.93. The molecule has 1 fully saturated rings. The van der Waals surface area contributed by atoms with E-state index < -0.39 is 49.5 Å². The van der Waals surface area contributed by atoms with Crippen LogP contribution < -0.4 is 5.32 Å². The quantitative estimate of drug-likeness (QED) is 0.0261. The van der Waals surface area contributed by atoms with Crippen LogP contribution in [0.5, 0.6) is 0 Å². The lowest BCUT2D eigenvalue weighted by atomic mass is 9.99. The Balaban J connectivity index is 2.20. The maximum Gasteiger partial charge on any atom is 0.220 e. The fraction of sp³-hybridized carbons (Fsp3) is 0.621. The van der Waals surface area contributed by atoms with Crippen molar-refractivity contribution in [3.8, 4) is 0 Å². The first-order valence-corrected chi connectivity index (χ1v) is 29.6. The van der Waals surface area contributed by atoms with Crippen LogP contribution in [0.4, 0.5) is 0 Å². The average molecular weight is 1040 g/mol. The molecule has 7 unspecified atom stereocenters. The summed E-state index contributed by atoms with van der Waals surface area (Å²) in [6, 6.07) is -0.825. The van der Waals surface area contributed by atoms with Gasteiger partial charge in [-0.15, -0.1) is 0 Å². The summed E-state index contributed by atoms with van der Waals surface area (Å²) >= 11 is 0. The van der Waals surface area contributed by atoms with Crippen molar-refractivity contribution in [2.75, 3.05) is 13.2 Å². The lowest BCUT2D eigenvalue weighted by molar-refractivity contribution is -0.302. The van der Waals surface area contributed by atoms with Crippen molar-refractivity contribution in [3.63, 3.8) is 0 Å². The Bertz CT molecular complexity index is 1680. The smallest absolute Gasteiger partial charge is 0.220 e. The van der Waals surface area contributed by atoms with Crippen LogP contribution in [0.3, 0.4) is 0 Å². The van der Waals surface area contributed by atoms with Crippen LogP contribution in [-0.4, -0.2) is 87.5 Å². The van der Waals surface area contributed by atoms with Gasteiger partial charge in [0.05, 0.1) is 25.4 Å². The molecule has 75 heavy (non-hydrogen) atoms. The third-order valence-electron chi connectivity index (χ3n) is 12.9. The predicted molar refractivity (Wildman–Crippen MR) is 317 cm³/mol. The zero-order valence-electron chi connectivity index (χ0n) is 47.0. The lowest BCUT2D eigenvalue weighted by Gasteiger charge is -2.40. The van der Waals surface area contributed by atoms with Crippen molar-refractivity contribution >= 4 is 5.91 Å². The zero-order chi connectivity index (χ0) is 54.3. The Morgan fingerprint density at radius 2 is 0.827 bits per heavy atom. The normalized spacial score (nSPS) is 20.0. The van der Waals surface area contributed by atoms with E-state index in [9.17, 15) is 30.3 Å². The first-order valence-electron chi connectivity index (χ1n) is 29.6.